The number of aryl methyl sites for hydroxylation is 1. The lowest BCUT2D eigenvalue weighted by molar-refractivity contribution is -0.146. The van der Waals surface area contributed by atoms with Crippen LogP contribution in [-0.4, -0.2) is 36.1 Å². The van der Waals surface area contributed by atoms with Crippen molar-refractivity contribution in [3.8, 4) is 17.0 Å². The zero-order valence-electron chi connectivity index (χ0n) is 15.2. The van der Waals surface area contributed by atoms with Crippen molar-refractivity contribution in [3.05, 3.63) is 28.6 Å². The van der Waals surface area contributed by atoms with E-state index in [1.165, 1.54) is 4.90 Å². The molecule has 0 saturated heterocycles. The first-order chi connectivity index (χ1) is 12.5. The van der Waals surface area contributed by atoms with E-state index in [-0.39, 0.29) is 18.5 Å². The summed E-state index contributed by atoms with van der Waals surface area (Å²) in [6, 6.07) is 4.93. The second-order valence-corrected chi connectivity index (χ2v) is 7.14. The molecule has 1 aromatic heterocycles. The average molecular weight is 374 g/mol. The fraction of sp³-hybridized carbons (Fsp3) is 0.421. The fourth-order valence-corrected chi connectivity index (χ4v) is 3.54. The predicted octanol–water partition coefficient (Wildman–Crippen LogP) is 3.58. The van der Waals surface area contributed by atoms with Gasteiger partial charge in [-0.15, -0.1) is 11.3 Å². The van der Waals surface area contributed by atoms with E-state index in [0.29, 0.717) is 24.5 Å². The van der Waals surface area contributed by atoms with Gasteiger partial charge in [-0.2, -0.15) is 0 Å². The minimum Gasteiger partial charge on any atom is -0.482 e. The second-order valence-electron chi connectivity index (χ2n) is 6.08. The highest BCUT2D eigenvalue weighted by atomic mass is 32.1. The summed E-state index contributed by atoms with van der Waals surface area (Å²) in [5, 5.41) is 2.94. The first-order valence-corrected chi connectivity index (χ1v) is 9.61. The van der Waals surface area contributed by atoms with Crippen LogP contribution in [0.4, 0.5) is 5.69 Å². The molecule has 1 unspecified atom stereocenters. The molecule has 1 atom stereocenters. The first kappa shape index (κ1) is 18.4. The Hall–Kier alpha value is -2.41. The molecule has 1 amide bonds. The number of hydrogen-bond acceptors (Lipinski definition) is 6. The molecule has 1 aliphatic rings. The van der Waals surface area contributed by atoms with Crippen molar-refractivity contribution >= 4 is 28.9 Å². The van der Waals surface area contributed by atoms with Crippen molar-refractivity contribution in [1.82, 2.24) is 4.98 Å². The molecule has 26 heavy (non-hydrogen) atoms. The summed E-state index contributed by atoms with van der Waals surface area (Å²) in [5.74, 6) is -0.0445. The van der Waals surface area contributed by atoms with E-state index < -0.39 is 6.04 Å². The second kappa shape index (κ2) is 7.86. The molecule has 6 nitrogen and oxygen atoms in total. The van der Waals surface area contributed by atoms with Crippen LogP contribution in [0.5, 0.6) is 5.75 Å². The summed E-state index contributed by atoms with van der Waals surface area (Å²) >= 11 is 1.57. The van der Waals surface area contributed by atoms with E-state index in [1.54, 1.807) is 11.3 Å². The highest BCUT2D eigenvalue weighted by molar-refractivity contribution is 7.09. The van der Waals surface area contributed by atoms with Crippen molar-refractivity contribution in [2.75, 3.05) is 18.1 Å². The molecule has 0 fully saturated rings. The fourth-order valence-electron chi connectivity index (χ4n) is 2.92. The molecule has 0 bridgehead atoms. The van der Waals surface area contributed by atoms with Gasteiger partial charge in [-0.1, -0.05) is 13.8 Å². The van der Waals surface area contributed by atoms with E-state index in [2.05, 4.69) is 4.98 Å². The smallest absolute Gasteiger partial charge is 0.329 e. The highest BCUT2D eigenvalue weighted by Gasteiger charge is 2.36. The number of carbonyl (C=O) groups is 2. The summed E-state index contributed by atoms with van der Waals surface area (Å²) in [6.45, 7) is 6.01. The number of nitrogens with zero attached hydrogens (tertiary/aromatic N) is 2. The predicted molar refractivity (Wildman–Crippen MR) is 101 cm³/mol. The normalized spacial score (nSPS) is 14.6. The molecule has 1 aliphatic heterocycles. The Bertz CT molecular complexity index is 818. The highest BCUT2D eigenvalue weighted by Crippen LogP contribution is 2.38. The lowest BCUT2D eigenvalue weighted by Crippen LogP contribution is -2.49. The molecule has 7 heteroatoms. The van der Waals surface area contributed by atoms with Crippen molar-refractivity contribution in [3.63, 3.8) is 0 Å². The number of fused-ring (bicyclic) bond motifs is 1. The summed E-state index contributed by atoms with van der Waals surface area (Å²) < 4.78 is 10.9. The molecule has 2 heterocycles. The minimum absolute atomic E-state index is 0.0836. The summed E-state index contributed by atoms with van der Waals surface area (Å²) in [6.07, 6.45) is 1.21. The Labute approximate surface area is 156 Å². The van der Waals surface area contributed by atoms with E-state index in [4.69, 9.17) is 9.47 Å². The van der Waals surface area contributed by atoms with Crippen LogP contribution >= 0.6 is 11.3 Å². The van der Waals surface area contributed by atoms with Gasteiger partial charge in [0.05, 0.1) is 23.0 Å². The van der Waals surface area contributed by atoms with Crippen molar-refractivity contribution in [2.45, 2.75) is 39.7 Å². The van der Waals surface area contributed by atoms with Gasteiger partial charge in [0.1, 0.15) is 11.8 Å². The van der Waals surface area contributed by atoms with E-state index >= 15 is 0 Å². The lowest BCUT2D eigenvalue weighted by atomic mass is 10.1. The number of ether oxygens (including phenoxy) is 2. The quantitative estimate of drug-likeness (QED) is 0.723. The SMILES string of the molecule is CCCOC(=O)C(CC)N1C(=O)COc2ccc(-c3csc(C)n3)cc21. The Morgan fingerprint density at radius 1 is 1.42 bits per heavy atom. The number of anilines is 1. The van der Waals surface area contributed by atoms with Crippen molar-refractivity contribution < 1.29 is 19.1 Å². The molecule has 0 N–H and O–H groups in total. The number of esters is 1. The molecule has 1 aromatic carbocycles. The topological polar surface area (TPSA) is 68.7 Å². The van der Waals surface area contributed by atoms with Crippen LogP contribution in [0, 0.1) is 6.92 Å². The van der Waals surface area contributed by atoms with Crippen LogP contribution in [-0.2, 0) is 14.3 Å². The Kier molecular flexibility index (Phi) is 5.56. The number of thiazole rings is 1. The molecule has 3 rings (SSSR count). The number of carbonyl (C=O) groups excluding carboxylic acids is 2. The van der Waals surface area contributed by atoms with Gasteiger partial charge in [0.2, 0.25) is 0 Å². The summed E-state index contributed by atoms with van der Waals surface area (Å²) in [4.78, 5) is 31.1. The zero-order chi connectivity index (χ0) is 18.7. The Morgan fingerprint density at radius 3 is 2.88 bits per heavy atom. The largest absolute Gasteiger partial charge is 0.482 e. The summed E-state index contributed by atoms with van der Waals surface area (Å²) in [5.41, 5.74) is 2.31. The average Bonchev–Trinajstić information content (AvgIpc) is 3.08. The van der Waals surface area contributed by atoms with Gasteiger partial charge in [0.25, 0.3) is 5.91 Å². The number of aromatic nitrogens is 1. The maximum Gasteiger partial charge on any atom is 0.329 e. The van der Waals surface area contributed by atoms with Crippen LogP contribution in [0.25, 0.3) is 11.3 Å². The van der Waals surface area contributed by atoms with Crippen LogP contribution in [0.15, 0.2) is 23.6 Å². The Morgan fingerprint density at radius 2 is 2.23 bits per heavy atom. The maximum atomic E-state index is 12.6. The molecular formula is C19H22N2O4S. The summed E-state index contributed by atoms with van der Waals surface area (Å²) in [7, 11) is 0. The third-order valence-electron chi connectivity index (χ3n) is 4.17. The Balaban J connectivity index is 1.99. The standard InChI is InChI=1S/C19H22N2O4S/c1-4-8-24-19(23)15(5-2)21-16-9-13(14-11-26-12(3)20-14)6-7-17(16)25-10-18(21)22/h6-7,9,11,15H,4-5,8,10H2,1-3H3. The van der Waals surface area contributed by atoms with Gasteiger partial charge < -0.3 is 9.47 Å². The van der Waals surface area contributed by atoms with Crippen LogP contribution in [0.1, 0.15) is 31.7 Å². The lowest BCUT2D eigenvalue weighted by Gasteiger charge is -2.34. The molecule has 0 saturated carbocycles. The monoisotopic (exact) mass is 374 g/mol. The van der Waals surface area contributed by atoms with Gasteiger partial charge in [-0.05, 0) is 38.0 Å². The van der Waals surface area contributed by atoms with Gasteiger partial charge in [-0.25, -0.2) is 9.78 Å². The minimum atomic E-state index is -0.663. The molecule has 138 valence electrons. The third kappa shape index (κ3) is 3.58. The molecule has 2 aromatic rings. The number of rotatable bonds is 6. The molecule has 0 aliphatic carbocycles. The van der Waals surface area contributed by atoms with Gasteiger partial charge in [0, 0.05) is 10.9 Å². The number of hydrogen-bond donors (Lipinski definition) is 0. The van der Waals surface area contributed by atoms with Crippen molar-refractivity contribution in [2.24, 2.45) is 0 Å². The molecular weight excluding hydrogens is 352 g/mol. The third-order valence-corrected chi connectivity index (χ3v) is 4.95. The zero-order valence-corrected chi connectivity index (χ0v) is 16.0. The van der Waals surface area contributed by atoms with Crippen molar-refractivity contribution in [1.29, 1.82) is 0 Å². The van der Waals surface area contributed by atoms with Gasteiger partial charge in [-0.3, -0.25) is 9.69 Å². The number of benzene rings is 1. The van der Waals surface area contributed by atoms with Gasteiger partial charge in [0.15, 0.2) is 6.61 Å². The van der Waals surface area contributed by atoms with E-state index in [1.807, 2.05) is 44.4 Å². The maximum absolute atomic E-state index is 12.6. The van der Waals surface area contributed by atoms with E-state index in [9.17, 15) is 9.59 Å². The van der Waals surface area contributed by atoms with E-state index in [0.717, 1.165) is 22.7 Å². The van der Waals surface area contributed by atoms with Crippen LogP contribution < -0.4 is 9.64 Å². The van der Waals surface area contributed by atoms with Gasteiger partial charge >= 0.3 is 5.97 Å². The first-order valence-electron chi connectivity index (χ1n) is 8.73. The number of amides is 1. The molecule has 0 radical (unpaired) electrons. The van der Waals surface area contributed by atoms with Crippen LogP contribution in [0.3, 0.4) is 0 Å². The van der Waals surface area contributed by atoms with Crippen LogP contribution in [0.2, 0.25) is 0 Å². The molecule has 0 spiro atoms.